The van der Waals surface area contributed by atoms with Crippen LogP contribution in [-0.2, 0) is 22.7 Å². The number of nitrogens with zero attached hydrogens (tertiary/aromatic N) is 1. The van der Waals surface area contributed by atoms with E-state index in [1.54, 1.807) is 11.3 Å². The van der Waals surface area contributed by atoms with Crippen LogP contribution in [0.5, 0.6) is 0 Å². The highest BCUT2D eigenvalue weighted by Gasteiger charge is 2.29. The zero-order valence-electron chi connectivity index (χ0n) is 10.7. The Balaban J connectivity index is 1.98. The molecule has 0 amide bonds. The third-order valence-corrected chi connectivity index (χ3v) is 6.54. The van der Waals surface area contributed by atoms with Gasteiger partial charge in [-0.05, 0) is 19.9 Å². The second-order valence-corrected chi connectivity index (χ2v) is 8.12. The molecule has 0 bridgehead atoms. The average Bonchev–Trinajstić information content (AvgIpc) is 2.77. The van der Waals surface area contributed by atoms with Crippen molar-refractivity contribution in [2.75, 3.05) is 19.3 Å². The van der Waals surface area contributed by atoms with E-state index in [4.69, 9.17) is 0 Å². The summed E-state index contributed by atoms with van der Waals surface area (Å²) in [6.07, 6.45) is 4.16. The Bertz CT molecular complexity index is 482. The van der Waals surface area contributed by atoms with Gasteiger partial charge in [-0.25, -0.2) is 13.4 Å². The summed E-state index contributed by atoms with van der Waals surface area (Å²) in [5.74, 6) is 0.357. The average molecular weight is 288 g/mol. The highest BCUT2D eigenvalue weighted by molar-refractivity contribution is 7.92. The summed E-state index contributed by atoms with van der Waals surface area (Å²) >= 11 is 1.59. The van der Waals surface area contributed by atoms with Crippen LogP contribution in [0.15, 0.2) is 5.38 Å². The van der Waals surface area contributed by atoms with Crippen molar-refractivity contribution in [2.45, 2.75) is 37.4 Å². The number of nitrogens with one attached hydrogen (secondary N) is 1. The number of hydrogen-bond donors (Lipinski definition) is 1. The van der Waals surface area contributed by atoms with E-state index in [0.29, 0.717) is 12.2 Å². The summed E-state index contributed by atoms with van der Waals surface area (Å²) in [6.45, 7) is 0.908. The predicted molar refractivity (Wildman–Crippen MR) is 74.9 cm³/mol. The van der Waals surface area contributed by atoms with Gasteiger partial charge in [0.05, 0.1) is 21.7 Å². The van der Waals surface area contributed by atoms with Gasteiger partial charge in [0, 0.05) is 24.8 Å². The van der Waals surface area contributed by atoms with Crippen LogP contribution in [0.25, 0.3) is 0 Å². The van der Waals surface area contributed by atoms with Crippen LogP contribution >= 0.6 is 11.3 Å². The molecule has 1 aromatic heterocycles. The molecule has 1 unspecified atom stereocenters. The summed E-state index contributed by atoms with van der Waals surface area (Å²) in [7, 11) is -0.957. The van der Waals surface area contributed by atoms with Crippen LogP contribution in [0.3, 0.4) is 0 Å². The van der Waals surface area contributed by atoms with Gasteiger partial charge in [-0.2, -0.15) is 0 Å². The Hall–Kier alpha value is -0.460. The largest absolute Gasteiger partial charge is 0.319 e. The van der Waals surface area contributed by atoms with Gasteiger partial charge in [-0.1, -0.05) is 6.42 Å². The fraction of sp³-hybridized carbons (Fsp3) is 0.750. The molecule has 0 aliphatic carbocycles. The molecule has 4 nitrogen and oxygen atoms in total. The number of thiazole rings is 1. The van der Waals surface area contributed by atoms with E-state index in [9.17, 15) is 8.42 Å². The van der Waals surface area contributed by atoms with Crippen LogP contribution < -0.4 is 5.32 Å². The van der Waals surface area contributed by atoms with Crippen molar-refractivity contribution in [3.63, 3.8) is 0 Å². The summed E-state index contributed by atoms with van der Waals surface area (Å²) in [5, 5.41) is 5.90. The van der Waals surface area contributed by atoms with E-state index in [1.165, 1.54) is 0 Å². The molecule has 0 spiro atoms. The maximum absolute atomic E-state index is 11.9. The first-order valence-electron chi connectivity index (χ1n) is 6.41. The number of sulfone groups is 1. The monoisotopic (exact) mass is 288 g/mol. The molecule has 1 aliphatic rings. The first-order valence-corrected chi connectivity index (χ1v) is 9.01. The van der Waals surface area contributed by atoms with E-state index in [-0.39, 0.29) is 5.25 Å². The Kier molecular flexibility index (Phi) is 4.75. The molecule has 1 N–H and O–H groups in total. The molecule has 1 saturated heterocycles. The minimum Gasteiger partial charge on any atom is -0.319 e. The highest BCUT2D eigenvalue weighted by atomic mass is 32.2. The van der Waals surface area contributed by atoms with Gasteiger partial charge in [0.25, 0.3) is 0 Å². The van der Waals surface area contributed by atoms with Gasteiger partial charge in [0.15, 0.2) is 9.84 Å². The smallest absolute Gasteiger partial charge is 0.153 e. The Morgan fingerprint density at radius 1 is 1.50 bits per heavy atom. The van der Waals surface area contributed by atoms with Crippen molar-refractivity contribution >= 4 is 21.2 Å². The minimum atomic E-state index is -2.88. The molecule has 0 radical (unpaired) electrons. The van der Waals surface area contributed by atoms with Gasteiger partial charge in [-0.3, -0.25) is 0 Å². The molecule has 1 aromatic rings. The molecular weight excluding hydrogens is 268 g/mol. The Labute approximate surface area is 113 Å². The van der Waals surface area contributed by atoms with E-state index < -0.39 is 9.84 Å². The second kappa shape index (κ2) is 6.12. The van der Waals surface area contributed by atoms with Crippen LogP contribution in [0.1, 0.15) is 30.0 Å². The lowest BCUT2D eigenvalue weighted by Crippen LogP contribution is -2.30. The zero-order valence-corrected chi connectivity index (χ0v) is 12.3. The molecular formula is C12H20N2O2S2. The first kappa shape index (κ1) is 14.0. The van der Waals surface area contributed by atoms with Crippen LogP contribution in [0, 0.1) is 0 Å². The standard InChI is InChI=1S/C12H20N2O2S2/c1-13-6-5-10-9-17-12(14-10)8-11-4-2-3-7-18(11,15)16/h9,11,13H,2-8H2,1H3. The van der Waals surface area contributed by atoms with E-state index >= 15 is 0 Å². The van der Waals surface area contributed by atoms with Gasteiger partial charge >= 0.3 is 0 Å². The number of aromatic nitrogens is 1. The van der Waals surface area contributed by atoms with Crippen molar-refractivity contribution in [1.29, 1.82) is 0 Å². The maximum atomic E-state index is 11.9. The third-order valence-electron chi connectivity index (χ3n) is 3.35. The lowest BCUT2D eigenvalue weighted by molar-refractivity contribution is 0.537. The first-order chi connectivity index (χ1) is 8.62. The Morgan fingerprint density at radius 3 is 3.06 bits per heavy atom. The molecule has 1 aliphatic heterocycles. The summed E-state index contributed by atoms with van der Waals surface area (Å²) in [6, 6.07) is 0. The molecule has 1 fully saturated rings. The molecule has 1 atom stereocenters. The van der Waals surface area contributed by atoms with Crippen molar-refractivity contribution in [2.24, 2.45) is 0 Å². The van der Waals surface area contributed by atoms with E-state index in [0.717, 1.165) is 42.9 Å². The summed E-state index contributed by atoms with van der Waals surface area (Å²) in [5.41, 5.74) is 1.07. The minimum absolute atomic E-state index is 0.199. The van der Waals surface area contributed by atoms with Gasteiger partial charge in [-0.15, -0.1) is 11.3 Å². The van der Waals surface area contributed by atoms with Gasteiger partial charge < -0.3 is 5.32 Å². The number of rotatable bonds is 5. The fourth-order valence-electron chi connectivity index (χ4n) is 2.26. The van der Waals surface area contributed by atoms with E-state index in [2.05, 4.69) is 10.3 Å². The normalized spacial score (nSPS) is 23.1. The number of hydrogen-bond acceptors (Lipinski definition) is 5. The van der Waals surface area contributed by atoms with Crippen LogP contribution in [-0.4, -0.2) is 38.0 Å². The molecule has 102 valence electrons. The van der Waals surface area contributed by atoms with Gasteiger partial charge in [0.2, 0.25) is 0 Å². The van der Waals surface area contributed by atoms with Crippen molar-refractivity contribution < 1.29 is 8.42 Å². The topological polar surface area (TPSA) is 59.1 Å². The second-order valence-electron chi connectivity index (χ2n) is 4.78. The van der Waals surface area contributed by atoms with Gasteiger partial charge in [0.1, 0.15) is 0 Å². The molecule has 18 heavy (non-hydrogen) atoms. The zero-order chi connectivity index (χ0) is 13.0. The lowest BCUT2D eigenvalue weighted by Gasteiger charge is -2.21. The number of likely N-dealkylation sites (N-methyl/N-ethyl adjacent to an activating group) is 1. The van der Waals surface area contributed by atoms with Crippen LogP contribution in [0.4, 0.5) is 0 Å². The fourth-order valence-corrected chi connectivity index (χ4v) is 5.15. The summed E-state index contributed by atoms with van der Waals surface area (Å²) in [4.78, 5) is 4.52. The van der Waals surface area contributed by atoms with Crippen molar-refractivity contribution in [3.05, 3.63) is 16.1 Å². The molecule has 2 rings (SSSR count). The SMILES string of the molecule is CNCCc1csc(CC2CCCCS2(=O)=O)n1. The van der Waals surface area contributed by atoms with Crippen molar-refractivity contribution in [1.82, 2.24) is 10.3 Å². The lowest BCUT2D eigenvalue weighted by atomic mass is 10.1. The predicted octanol–water partition coefficient (Wildman–Crippen LogP) is 1.41. The van der Waals surface area contributed by atoms with Crippen molar-refractivity contribution in [3.8, 4) is 0 Å². The molecule has 0 aromatic carbocycles. The molecule has 0 saturated carbocycles. The van der Waals surface area contributed by atoms with E-state index in [1.807, 2.05) is 12.4 Å². The molecule has 2 heterocycles. The van der Waals surface area contributed by atoms with Crippen LogP contribution in [0.2, 0.25) is 0 Å². The maximum Gasteiger partial charge on any atom is 0.153 e. The molecule has 6 heteroatoms. The Morgan fingerprint density at radius 2 is 2.33 bits per heavy atom. The summed E-state index contributed by atoms with van der Waals surface area (Å²) < 4.78 is 23.9. The quantitative estimate of drug-likeness (QED) is 0.890. The highest BCUT2D eigenvalue weighted by Crippen LogP contribution is 2.24. The third kappa shape index (κ3) is 3.52.